The number of piperazine rings is 1. The van der Waals surface area contributed by atoms with Crippen LogP contribution in [0.25, 0.3) is 0 Å². The molecule has 1 aliphatic heterocycles. The molecular formula is C24H32ClN7O. The maximum atomic E-state index is 12.9. The fraction of sp³-hybridized carbons (Fsp3) is 0.500. The van der Waals surface area contributed by atoms with Crippen molar-refractivity contribution >= 4 is 23.3 Å². The van der Waals surface area contributed by atoms with Crippen LogP contribution in [0.3, 0.4) is 0 Å². The number of hydrogen-bond donors (Lipinski definition) is 1. The van der Waals surface area contributed by atoms with E-state index in [2.05, 4.69) is 44.4 Å². The largest absolute Gasteiger partial charge is 0.304 e. The Morgan fingerprint density at radius 3 is 2.42 bits per heavy atom. The Morgan fingerprint density at radius 2 is 1.82 bits per heavy atom. The maximum absolute atomic E-state index is 12.9. The van der Waals surface area contributed by atoms with E-state index >= 15 is 0 Å². The van der Waals surface area contributed by atoms with Crippen LogP contribution in [0.4, 0.5) is 5.82 Å². The number of anilines is 1. The van der Waals surface area contributed by atoms with E-state index in [0.29, 0.717) is 12.4 Å². The van der Waals surface area contributed by atoms with Gasteiger partial charge in [-0.25, -0.2) is 4.98 Å². The second-order valence-electron chi connectivity index (χ2n) is 9.73. The summed E-state index contributed by atoms with van der Waals surface area (Å²) in [7, 11) is 2.15. The molecule has 1 aromatic carbocycles. The van der Waals surface area contributed by atoms with E-state index in [1.165, 1.54) is 11.8 Å². The van der Waals surface area contributed by atoms with Gasteiger partial charge in [-0.3, -0.25) is 20.1 Å². The first-order chi connectivity index (χ1) is 15.6. The molecule has 3 rings (SSSR count). The van der Waals surface area contributed by atoms with Crippen LogP contribution in [-0.4, -0.2) is 65.4 Å². The van der Waals surface area contributed by atoms with Crippen molar-refractivity contribution in [2.45, 2.75) is 33.7 Å². The lowest BCUT2D eigenvalue weighted by atomic mass is 9.97. The number of hydrazine groups is 1. The number of aromatic nitrogens is 2. The summed E-state index contributed by atoms with van der Waals surface area (Å²) >= 11 is 6.29. The Bertz CT molecular complexity index is 989. The molecule has 0 unspecified atom stereocenters. The first-order valence-corrected chi connectivity index (χ1v) is 11.5. The molecule has 1 fully saturated rings. The van der Waals surface area contributed by atoms with Gasteiger partial charge in [0, 0.05) is 39.3 Å². The molecule has 33 heavy (non-hydrogen) atoms. The summed E-state index contributed by atoms with van der Waals surface area (Å²) in [5.74, 6) is 0.131. The number of carbonyl (C=O) groups is 1. The predicted molar refractivity (Wildman–Crippen MR) is 130 cm³/mol. The van der Waals surface area contributed by atoms with E-state index < -0.39 is 0 Å². The number of likely N-dealkylation sites (N-methyl/N-ethyl adjacent to an activating group) is 1. The van der Waals surface area contributed by atoms with E-state index in [4.69, 9.17) is 16.9 Å². The molecule has 1 aromatic heterocycles. The number of nitrogens with zero attached hydrogens (tertiary/aromatic N) is 6. The zero-order valence-electron chi connectivity index (χ0n) is 19.8. The third kappa shape index (κ3) is 7.67. The number of rotatable bonds is 7. The monoisotopic (exact) mass is 469 g/mol. The number of hydrogen-bond acceptors (Lipinski definition) is 7. The molecule has 1 aliphatic rings. The number of benzene rings is 1. The average molecular weight is 470 g/mol. The molecule has 1 N–H and O–H groups in total. The van der Waals surface area contributed by atoms with Gasteiger partial charge < -0.3 is 4.90 Å². The van der Waals surface area contributed by atoms with Gasteiger partial charge in [-0.05, 0) is 23.6 Å². The Kier molecular flexibility index (Phi) is 8.25. The van der Waals surface area contributed by atoms with Gasteiger partial charge in [0.25, 0.3) is 0 Å². The zero-order valence-corrected chi connectivity index (χ0v) is 20.6. The summed E-state index contributed by atoms with van der Waals surface area (Å²) in [6.07, 6.45) is 1.60. The van der Waals surface area contributed by atoms with Gasteiger partial charge in [-0.1, -0.05) is 56.6 Å². The lowest BCUT2D eigenvalue weighted by molar-refractivity contribution is -0.120. The molecule has 9 heteroatoms. The highest BCUT2D eigenvalue weighted by Gasteiger charge is 2.23. The van der Waals surface area contributed by atoms with Gasteiger partial charge in [-0.2, -0.15) is 10.2 Å². The number of nitrogens with one attached hydrogen (secondary N) is 1. The highest BCUT2D eigenvalue weighted by molar-refractivity contribution is 6.32. The van der Waals surface area contributed by atoms with Crippen LogP contribution in [0.5, 0.6) is 0 Å². The lowest BCUT2D eigenvalue weighted by Crippen LogP contribution is -2.47. The molecule has 2 heterocycles. The number of halogens is 1. The molecule has 0 radical (unpaired) electrons. The number of amides is 1. The fourth-order valence-corrected chi connectivity index (χ4v) is 3.84. The molecule has 176 valence electrons. The van der Waals surface area contributed by atoms with Crippen molar-refractivity contribution < 1.29 is 4.79 Å². The van der Waals surface area contributed by atoms with E-state index in [1.54, 1.807) is 5.01 Å². The van der Waals surface area contributed by atoms with Gasteiger partial charge in [0.1, 0.15) is 11.1 Å². The van der Waals surface area contributed by atoms with Crippen molar-refractivity contribution in [2.24, 2.45) is 5.41 Å². The van der Waals surface area contributed by atoms with Gasteiger partial charge >= 0.3 is 0 Å². The first-order valence-electron chi connectivity index (χ1n) is 11.1. The highest BCUT2D eigenvalue weighted by Crippen LogP contribution is 2.25. The third-order valence-electron chi connectivity index (χ3n) is 5.36. The van der Waals surface area contributed by atoms with E-state index in [-0.39, 0.29) is 28.6 Å². The molecule has 0 atom stereocenters. The van der Waals surface area contributed by atoms with Gasteiger partial charge in [0.15, 0.2) is 5.82 Å². The highest BCUT2D eigenvalue weighted by atomic mass is 35.5. The van der Waals surface area contributed by atoms with Crippen LogP contribution in [-0.2, 0) is 17.8 Å². The predicted octanol–water partition coefficient (Wildman–Crippen LogP) is 2.88. The lowest BCUT2D eigenvalue weighted by Gasteiger charge is -2.32. The summed E-state index contributed by atoms with van der Waals surface area (Å²) in [5.41, 5.74) is 4.93. The average Bonchev–Trinajstić information content (AvgIpc) is 2.75. The topological polar surface area (TPSA) is 88.4 Å². The number of carbonyl (C=O) groups excluding carboxylic acids is 1. The first kappa shape index (κ1) is 24.9. The molecular weight excluding hydrogens is 438 g/mol. The Labute approximate surface area is 201 Å². The fourth-order valence-electron chi connectivity index (χ4n) is 3.65. The Morgan fingerprint density at radius 1 is 1.18 bits per heavy atom. The summed E-state index contributed by atoms with van der Waals surface area (Å²) in [6.45, 7) is 11.9. The van der Waals surface area contributed by atoms with Crippen LogP contribution in [0.1, 0.15) is 37.7 Å². The van der Waals surface area contributed by atoms with E-state index in [9.17, 15) is 4.79 Å². The summed E-state index contributed by atoms with van der Waals surface area (Å²) in [5, 5.41) is 11.0. The molecule has 2 aromatic rings. The van der Waals surface area contributed by atoms with Crippen LogP contribution in [0, 0.1) is 16.7 Å². The molecule has 0 aliphatic carbocycles. The molecule has 8 nitrogen and oxygen atoms in total. The second-order valence-corrected chi connectivity index (χ2v) is 10.1. The van der Waals surface area contributed by atoms with E-state index in [1.807, 2.05) is 39.0 Å². The third-order valence-corrected chi connectivity index (χ3v) is 5.63. The molecule has 1 amide bonds. The van der Waals surface area contributed by atoms with Crippen LogP contribution in [0.2, 0.25) is 5.02 Å². The van der Waals surface area contributed by atoms with Crippen LogP contribution < -0.4 is 10.4 Å². The van der Waals surface area contributed by atoms with Gasteiger partial charge in [0.05, 0.1) is 12.6 Å². The van der Waals surface area contributed by atoms with Crippen molar-refractivity contribution in [3.63, 3.8) is 0 Å². The summed E-state index contributed by atoms with van der Waals surface area (Å²) in [4.78, 5) is 25.8. The minimum absolute atomic E-state index is 0.00139. The standard InChI is InChI=1S/C24H32ClN7O/c1-24(2,3)17-32(23-20(25)15-27-21(14-26)28-23)29-22(33)13-18-5-7-19(8-6-18)16-31-11-9-30(4)10-12-31/h5-8,15H,9-13,16-17H2,1-4H3,(H,29,33). The Hall–Kier alpha value is -2.73. The maximum Gasteiger partial charge on any atom is 0.242 e. The normalized spacial score (nSPS) is 15.2. The minimum Gasteiger partial charge on any atom is -0.304 e. The number of nitriles is 1. The summed E-state index contributed by atoms with van der Waals surface area (Å²) in [6, 6.07) is 10.1. The quantitative estimate of drug-likeness (QED) is 0.623. The van der Waals surface area contributed by atoms with Crippen molar-refractivity contribution in [2.75, 3.05) is 44.8 Å². The molecule has 0 saturated carbocycles. The van der Waals surface area contributed by atoms with E-state index in [0.717, 1.165) is 38.3 Å². The second kappa shape index (κ2) is 10.9. The van der Waals surface area contributed by atoms with Crippen molar-refractivity contribution in [1.82, 2.24) is 25.2 Å². The van der Waals surface area contributed by atoms with Crippen molar-refractivity contribution in [3.8, 4) is 6.07 Å². The minimum atomic E-state index is -0.181. The van der Waals surface area contributed by atoms with Gasteiger partial charge in [0.2, 0.25) is 11.7 Å². The van der Waals surface area contributed by atoms with Crippen molar-refractivity contribution in [3.05, 3.63) is 52.4 Å². The SMILES string of the molecule is CN1CCN(Cc2ccc(CC(=O)NN(CC(C)(C)C)c3nc(C#N)ncc3Cl)cc2)CC1. The summed E-state index contributed by atoms with van der Waals surface area (Å²) < 4.78 is 0. The molecule has 0 spiro atoms. The van der Waals surface area contributed by atoms with Crippen LogP contribution >= 0.6 is 11.6 Å². The smallest absolute Gasteiger partial charge is 0.242 e. The van der Waals surface area contributed by atoms with Crippen molar-refractivity contribution in [1.29, 1.82) is 5.26 Å². The van der Waals surface area contributed by atoms with Crippen LogP contribution in [0.15, 0.2) is 30.5 Å². The zero-order chi connectivity index (χ0) is 24.0. The Balaban J connectivity index is 1.64. The molecule has 0 bridgehead atoms. The van der Waals surface area contributed by atoms with Gasteiger partial charge in [-0.15, -0.1) is 0 Å². The molecule has 1 saturated heterocycles.